The fourth-order valence-corrected chi connectivity index (χ4v) is 1.30. The normalized spacial score (nSPS) is 10.1. The van der Waals surface area contributed by atoms with Gasteiger partial charge in [0.2, 0.25) is 0 Å². The van der Waals surface area contributed by atoms with Crippen LogP contribution in [0, 0.1) is 0 Å². The third-order valence-corrected chi connectivity index (χ3v) is 2.09. The molecule has 0 heterocycles. The molecule has 0 aliphatic heterocycles. The van der Waals surface area contributed by atoms with E-state index in [0.717, 1.165) is 12.3 Å². The van der Waals surface area contributed by atoms with Gasteiger partial charge in [-0.05, 0) is 18.2 Å². The number of ether oxygens (including phenoxy) is 1. The number of amides is 2. The zero-order valence-corrected chi connectivity index (χ0v) is 10.2. The molecule has 0 atom stereocenters. The van der Waals surface area contributed by atoms with E-state index in [-0.39, 0.29) is 0 Å². The fraction of sp³-hybridized carbons (Fsp3) is 0.0909. The fourth-order valence-electron chi connectivity index (χ4n) is 1.12. The second-order valence-corrected chi connectivity index (χ2v) is 3.55. The highest BCUT2D eigenvalue weighted by Crippen LogP contribution is 2.27. The maximum atomic E-state index is 11.4. The summed E-state index contributed by atoms with van der Waals surface area (Å²) in [6, 6.07) is 4.13. The van der Waals surface area contributed by atoms with E-state index in [0.29, 0.717) is 16.5 Å². The highest BCUT2D eigenvalue weighted by atomic mass is 35.5. The van der Waals surface area contributed by atoms with Gasteiger partial charge in [0.05, 0.1) is 12.8 Å². The van der Waals surface area contributed by atoms with Gasteiger partial charge in [-0.1, -0.05) is 11.6 Å². The van der Waals surface area contributed by atoms with E-state index in [1.165, 1.54) is 13.2 Å². The number of rotatable bonds is 4. The molecular weight excluding hydrogens is 260 g/mol. The van der Waals surface area contributed by atoms with Crippen LogP contribution >= 0.6 is 11.6 Å². The predicted octanol–water partition coefficient (Wildman–Crippen LogP) is 2.07. The summed E-state index contributed by atoms with van der Waals surface area (Å²) in [4.78, 5) is 21.6. The molecule has 0 aromatic heterocycles. The highest BCUT2D eigenvalue weighted by molar-refractivity contribution is 6.31. The van der Waals surface area contributed by atoms with Crippen molar-refractivity contribution in [2.24, 2.45) is 0 Å². The van der Waals surface area contributed by atoms with Crippen LogP contribution in [-0.2, 0) is 4.79 Å². The Hall–Kier alpha value is -2.21. The number of aliphatic carboxylic acids is 1. The molecule has 0 saturated carbocycles. The van der Waals surface area contributed by atoms with Crippen molar-refractivity contribution in [3.05, 3.63) is 35.5 Å². The van der Waals surface area contributed by atoms with Gasteiger partial charge >= 0.3 is 12.0 Å². The minimum atomic E-state index is -1.16. The first-order valence-electron chi connectivity index (χ1n) is 4.83. The zero-order chi connectivity index (χ0) is 13.5. The van der Waals surface area contributed by atoms with Crippen LogP contribution in [-0.4, -0.2) is 24.2 Å². The molecule has 18 heavy (non-hydrogen) atoms. The van der Waals surface area contributed by atoms with Crippen molar-refractivity contribution in [3.8, 4) is 5.75 Å². The van der Waals surface area contributed by atoms with Crippen LogP contribution in [0.5, 0.6) is 5.75 Å². The first kappa shape index (κ1) is 13.9. The molecule has 2 amide bonds. The number of anilines is 1. The number of carbonyl (C=O) groups excluding carboxylic acids is 1. The first-order valence-corrected chi connectivity index (χ1v) is 5.21. The van der Waals surface area contributed by atoms with E-state index in [1.807, 2.05) is 0 Å². The van der Waals surface area contributed by atoms with Crippen LogP contribution in [0.3, 0.4) is 0 Å². The second-order valence-electron chi connectivity index (χ2n) is 3.11. The molecule has 1 aromatic rings. The van der Waals surface area contributed by atoms with Gasteiger partial charge in [0.1, 0.15) is 5.75 Å². The predicted molar refractivity (Wildman–Crippen MR) is 66.9 cm³/mol. The van der Waals surface area contributed by atoms with Crippen molar-refractivity contribution >= 4 is 29.3 Å². The molecule has 3 N–H and O–H groups in total. The van der Waals surface area contributed by atoms with Crippen molar-refractivity contribution in [2.75, 3.05) is 12.4 Å². The van der Waals surface area contributed by atoms with Gasteiger partial charge in [0.15, 0.2) is 0 Å². The summed E-state index contributed by atoms with van der Waals surface area (Å²) < 4.78 is 5.03. The Morgan fingerprint density at radius 1 is 1.44 bits per heavy atom. The molecule has 1 aromatic carbocycles. The minimum Gasteiger partial charge on any atom is -0.495 e. The molecule has 0 aliphatic carbocycles. The average Bonchev–Trinajstić information content (AvgIpc) is 2.28. The van der Waals surface area contributed by atoms with Gasteiger partial charge in [-0.3, -0.25) is 0 Å². The number of benzene rings is 1. The lowest BCUT2D eigenvalue weighted by atomic mass is 10.3. The van der Waals surface area contributed by atoms with Crippen LogP contribution in [0.1, 0.15) is 0 Å². The second kappa shape index (κ2) is 6.51. The number of carboxylic acid groups (broad SMARTS) is 1. The van der Waals surface area contributed by atoms with E-state index < -0.39 is 12.0 Å². The number of urea groups is 1. The maximum Gasteiger partial charge on any atom is 0.329 e. The molecule has 1 rings (SSSR count). The summed E-state index contributed by atoms with van der Waals surface area (Å²) in [5.74, 6) is -0.715. The van der Waals surface area contributed by atoms with Gasteiger partial charge in [-0.15, -0.1) is 0 Å². The SMILES string of the molecule is COc1ccc(Cl)cc1NC(=O)N/C=C/C(=O)O. The van der Waals surface area contributed by atoms with Crippen LogP contribution in [0.2, 0.25) is 5.02 Å². The van der Waals surface area contributed by atoms with Crippen LogP contribution in [0.25, 0.3) is 0 Å². The lowest BCUT2D eigenvalue weighted by Gasteiger charge is -2.09. The highest BCUT2D eigenvalue weighted by Gasteiger charge is 2.06. The Morgan fingerprint density at radius 2 is 2.17 bits per heavy atom. The standard InChI is InChI=1S/C11H11ClN2O4/c1-18-9-3-2-7(12)6-8(9)14-11(17)13-5-4-10(15)16/h2-6H,1H3,(H,15,16)(H2,13,14,17)/b5-4+. The molecule has 0 saturated heterocycles. The van der Waals surface area contributed by atoms with Crippen molar-refractivity contribution in [2.45, 2.75) is 0 Å². The molecule has 0 unspecified atom stereocenters. The van der Waals surface area contributed by atoms with Crippen LogP contribution < -0.4 is 15.4 Å². The summed E-state index contributed by atoms with van der Waals surface area (Å²) in [6.07, 6.45) is 1.81. The molecule has 7 heteroatoms. The van der Waals surface area contributed by atoms with Crippen LogP contribution in [0.4, 0.5) is 10.5 Å². The molecule has 0 aliphatic rings. The van der Waals surface area contributed by atoms with Gasteiger partial charge in [-0.2, -0.15) is 0 Å². The Bertz CT molecular complexity index is 488. The average molecular weight is 271 g/mol. The lowest BCUT2D eigenvalue weighted by Crippen LogP contribution is -2.24. The quantitative estimate of drug-likeness (QED) is 0.731. The Labute approximate surface area is 108 Å². The Morgan fingerprint density at radius 3 is 2.78 bits per heavy atom. The number of carbonyl (C=O) groups is 2. The molecule has 96 valence electrons. The van der Waals surface area contributed by atoms with Gasteiger partial charge in [-0.25, -0.2) is 9.59 Å². The monoisotopic (exact) mass is 270 g/mol. The Kier molecular flexibility index (Phi) is 5.01. The number of halogens is 1. The van der Waals surface area contributed by atoms with Crippen LogP contribution in [0.15, 0.2) is 30.5 Å². The number of methoxy groups -OCH3 is 1. The zero-order valence-electron chi connectivity index (χ0n) is 9.44. The third-order valence-electron chi connectivity index (χ3n) is 1.85. The van der Waals surface area contributed by atoms with E-state index in [9.17, 15) is 9.59 Å². The van der Waals surface area contributed by atoms with Crippen molar-refractivity contribution in [3.63, 3.8) is 0 Å². The summed E-state index contributed by atoms with van der Waals surface area (Å²) >= 11 is 5.78. The number of hydrogen-bond acceptors (Lipinski definition) is 3. The van der Waals surface area contributed by atoms with Crippen molar-refractivity contribution in [1.29, 1.82) is 0 Å². The first-order chi connectivity index (χ1) is 8.52. The van der Waals surface area contributed by atoms with Gasteiger partial charge in [0, 0.05) is 17.3 Å². The van der Waals surface area contributed by atoms with E-state index in [2.05, 4.69) is 10.6 Å². The lowest BCUT2D eigenvalue weighted by molar-refractivity contribution is -0.131. The number of nitrogens with one attached hydrogen (secondary N) is 2. The number of hydrogen-bond donors (Lipinski definition) is 3. The molecule has 0 radical (unpaired) electrons. The van der Waals surface area contributed by atoms with Crippen molar-refractivity contribution in [1.82, 2.24) is 5.32 Å². The summed E-state index contributed by atoms with van der Waals surface area (Å²) in [7, 11) is 1.46. The smallest absolute Gasteiger partial charge is 0.329 e. The summed E-state index contributed by atoms with van der Waals surface area (Å²) in [6.45, 7) is 0. The molecule has 6 nitrogen and oxygen atoms in total. The third kappa shape index (κ3) is 4.34. The molecule has 0 spiro atoms. The topological polar surface area (TPSA) is 87.7 Å². The van der Waals surface area contributed by atoms with Gasteiger partial charge in [0.25, 0.3) is 0 Å². The van der Waals surface area contributed by atoms with Gasteiger partial charge < -0.3 is 20.5 Å². The maximum absolute atomic E-state index is 11.4. The molecule has 0 fully saturated rings. The van der Waals surface area contributed by atoms with E-state index in [1.54, 1.807) is 12.1 Å². The molecular formula is C11H11ClN2O4. The summed E-state index contributed by atoms with van der Waals surface area (Å²) in [5, 5.41) is 13.5. The Balaban J connectivity index is 2.69. The summed E-state index contributed by atoms with van der Waals surface area (Å²) in [5.41, 5.74) is 0.381. The largest absolute Gasteiger partial charge is 0.495 e. The number of carboxylic acids is 1. The minimum absolute atomic E-state index is 0.381. The van der Waals surface area contributed by atoms with E-state index >= 15 is 0 Å². The molecule has 0 bridgehead atoms. The van der Waals surface area contributed by atoms with Crippen molar-refractivity contribution < 1.29 is 19.4 Å². The van der Waals surface area contributed by atoms with E-state index in [4.69, 9.17) is 21.4 Å².